The molecule has 0 aliphatic rings. The van der Waals surface area contributed by atoms with E-state index in [-0.39, 0.29) is 42.6 Å². The van der Waals surface area contributed by atoms with Crippen LogP contribution in [-0.2, 0) is 9.59 Å². The second-order valence-corrected chi connectivity index (χ2v) is 1.50. The minimum atomic E-state index is -1.25. The Bertz CT molecular complexity index is 123. The standard InChI is InChI=1S/2C2H5NO2.Al.Na.2H2O/c2*3-1-2(4)5;;;;/h2*1,3H2,(H,4,5);;;2*1H2/q;;+3;+1;;/p-4. The summed E-state index contributed by atoms with van der Waals surface area (Å²) in [4.78, 5) is 18.3. The first-order chi connectivity index (χ1) is 5.95. The van der Waals surface area contributed by atoms with Gasteiger partial charge in [-0.25, -0.2) is 0 Å². The average molecular weight is 232 g/mol. The quantitative estimate of drug-likeness (QED) is 0.339. The third-order valence-corrected chi connectivity index (χ3v) is 0.333. The first kappa shape index (κ1) is 23.9. The number of rotatable bonds is 2. The van der Waals surface area contributed by atoms with Crippen molar-refractivity contribution in [3.8, 4) is 0 Å². The third kappa shape index (κ3) is 84.7. The molecule has 0 aromatic rings. The normalized spacial score (nSPS) is 6.00. The zero-order chi connectivity index (χ0) is 11.3. The molecule has 0 aromatic heterocycles. The van der Waals surface area contributed by atoms with Gasteiger partial charge in [0.05, 0.1) is 11.9 Å². The third-order valence-electron chi connectivity index (χ3n) is 0.333. The number of hydrogen-bond acceptors (Lipinski definition) is 8. The van der Waals surface area contributed by atoms with Crippen molar-refractivity contribution in [3.63, 3.8) is 0 Å². The Kier molecular flexibility index (Phi) is 39.6. The molecule has 0 spiro atoms. The number of hydrogen-bond donors (Lipinski definition) is 4. The van der Waals surface area contributed by atoms with Crippen molar-refractivity contribution >= 4 is 27.8 Å². The Morgan fingerprint density at radius 2 is 1.14 bits per heavy atom. The SMILES string of the molecule is NCC(=O)[O-].NCC(=O)[O-].[Na+].[OH][Al+][OH]. The molecule has 6 N–H and O–H groups in total. The van der Waals surface area contributed by atoms with E-state index in [9.17, 15) is 0 Å². The van der Waals surface area contributed by atoms with Gasteiger partial charge < -0.3 is 31.3 Å². The van der Waals surface area contributed by atoms with Crippen molar-refractivity contribution in [2.75, 3.05) is 13.1 Å². The first-order valence-corrected chi connectivity index (χ1v) is 3.89. The predicted molar refractivity (Wildman–Crippen MR) is 38.3 cm³/mol. The van der Waals surface area contributed by atoms with E-state index in [1.807, 2.05) is 0 Å². The van der Waals surface area contributed by atoms with Crippen molar-refractivity contribution in [2.24, 2.45) is 11.5 Å². The van der Waals surface area contributed by atoms with E-state index in [4.69, 9.17) is 28.1 Å². The molecule has 0 atom stereocenters. The molecule has 0 unspecified atom stereocenters. The molecule has 0 aliphatic carbocycles. The molecule has 0 saturated heterocycles. The van der Waals surface area contributed by atoms with E-state index in [0.29, 0.717) is 0 Å². The second kappa shape index (κ2) is 23.3. The summed E-state index contributed by atoms with van der Waals surface area (Å²) in [5.41, 5.74) is 9.02. The van der Waals surface area contributed by atoms with Gasteiger partial charge in [0.1, 0.15) is 0 Å². The number of carbonyl (C=O) groups excluding carboxylic acids is 2. The van der Waals surface area contributed by atoms with E-state index in [1.165, 1.54) is 0 Å². The van der Waals surface area contributed by atoms with Crippen molar-refractivity contribution in [3.05, 3.63) is 0 Å². The molecular formula is C4H10AlN2NaO6. The van der Waals surface area contributed by atoms with Crippen LogP contribution in [0.15, 0.2) is 0 Å². The summed E-state index contributed by atoms with van der Waals surface area (Å²) in [6.45, 7) is -0.778. The Labute approximate surface area is 110 Å². The molecule has 0 radical (unpaired) electrons. The molecule has 14 heavy (non-hydrogen) atoms. The summed E-state index contributed by atoms with van der Waals surface area (Å²) in [6.07, 6.45) is 0. The topological polar surface area (TPSA) is 173 Å². The average Bonchev–Trinajstić information content (AvgIpc) is 2.07. The van der Waals surface area contributed by atoms with Crippen molar-refractivity contribution in [2.45, 2.75) is 0 Å². The van der Waals surface area contributed by atoms with E-state index < -0.39 is 27.8 Å². The van der Waals surface area contributed by atoms with Crippen molar-refractivity contribution in [1.29, 1.82) is 0 Å². The molecule has 76 valence electrons. The van der Waals surface area contributed by atoms with Crippen LogP contribution in [0.5, 0.6) is 0 Å². The number of carbonyl (C=O) groups is 2. The van der Waals surface area contributed by atoms with Crippen molar-refractivity contribution < 1.29 is 57.7 Å². The van der Waals surface area contributed by atoms with Gasteiger partial charge in [0.15, 0.2) is 0 Å². The summed E-state index contributed by atoms with van der Waals surface area (Å²) in [5.74, 6) is -2.44. The molecule has 0 aromatic carbocycles. The van der Waals surface area contributed by atoms with Crippen LogP contribution in [-0.4, -0.2) is 49.2 Å². The first-order valence-electron chi connectivity index (χ1n) is 2.86. The maximum atomic E-state index is 9.13. The summed E-state index contributed by atoms with van der Waals surface area (Å²) in [5, 5.41) is 18.3. The van der Waals surface area contributed by atoms with Crippen LogP contribution in [0, 0.1) is 0 Å². The van der Waals surface area contributed by atoms with Crippen LogP contribution < -0.4 is 51.2 Å². The number of carboxylic acid groups (broad SMARTS) is 2. The monoisotopic (exact) mass is 232 g/mol. The fourth-order valence-electron chi connectivity index (χ4n) is 0. The molecule has 0 bridgehead atoms. The Balaban J connectivity index is -0.0000000535. The fourth-order valence-corrected chi connectivity index (χ4v) is 0. The molecule has 0 heterocycles. The van der Waals surface area contributed by atoms with Crippen LogP contribution in [0.1, 0.15) is 0 Å². The molecule has 0 aliphatic heterocycles. The number of nitrogens with two attached hydrogens (primary N) is 2. The zero-order valence-electron chi connectivity index (χ0n) is 7.67. The van der Waals surface area contributed by atoms with Gasteiger partial charge in [-0.3, -0.25) is 0 Å². The molecule has 0 fully saturated rings. The van der Waals surface area contributed by atoms with Gasteiger partial charge in [-0.2, -0.15) is 0 Å². The van der Waals surface area contributed by atoms with Gasteiger partial charge in [-0.1, -0.05) is 0 Å². The maximum absolute atomic E-state index is 9.13. The Morgan fingerprint density at radius 3 is 1.14 bits per heavy atom. The Hall–Kier alpha value is 0.312. The zero-order valence-corrected chi connectivity index (χ0v) is 10.8. The van der Waals surface area contributed by atoms with Gasteiger partial charge in [0.2, 0.25) is 0 Å². The van der Waals surface area contributed by atoms with Gasteiger partial charge in [-0.15, -0.1) is 0 Å². The molecule has 10 heteroatoms. The number of carboxylic acids is 2. The van der Waals surface area contributed by atoms with Gasteiger partial charge in [0, 0.05) is 13.1 Å². The summed E-state index contributed by atoms with van der Waals surface area (Å²) in [6, 6.07) is 0. The van der Waals surface area contributed by atoms with Gasteiger partial charge in [-0.05, 0) is 0 Å². The van der Waals surface area contributed by atoms with E-state index >= 15 is 0 Å². The Morgan fingerprint density at radius 1 is 1.07 bits per heavy atom. The number of aliphatic carboxylic acids is 2. The minimum absolute atomic E-state index is 0. The van der Waals surface area contributed by atoms with Gasteiger partial charge in [0.25, 0.3) is 0 Å². The van der Waals surface area contributed by atoms with E-state index in [2.05, 4.69) is 11.5 Å². The molecule has 0 rings (SSSR count). The van der Waals surface area contributed by atoms with E-state index in [0.717, 1.165) is 0 Å². The van der Waals surface area contributed by atoms with Gasteiger partial charge >= 0.3 is 53.8 Å². The fraction of sp³-hybridized carbons (Fsp3) is 0.500. The molecule has 0 saturated carbocycles. The second-order valence-electron chi connectivity index (χ2n) is 1.27. The molecule has 0 amide bonds. The summed E-state index contributed by atoms with van der Waals surface area (Å²) < 4.78 is 14.4. The predicted octanol–water partition coefficient (Wildman–Crippen LogP) is -9.10. The van der Waals surface area contributed by atoms with Crippen LogP contribution in [0.2, 0.25) is 0 Å². The summed E-state index contributed by atoms with van der Waals surface area (Å²) >= 11 is -1.25. The molecular weight excluding hydrogens is 222 g/mol. The van der Waals surface area contributed by atoms with Crippen LogP contribution in [0.3, 0.4) is 0 Å². The van der Waals surface area contributed by atoms with Crippen molar-refractivity contribution in [1.82, 2.24) is 0 Å². The van der Waals surface area contributed by atoms with Crippen LogP contribution >= 0.6 is 0 Å². The summed E-state index contributed by atoms with van der Waals surface area (Å²) in [7, 11) is 0. The van der Waals surface area contributed by atoms with Crippen LogP contribution in [0.4, 0.5) is 0 Å². The van der Waals surface area contributed by atoms with Crippen LogP contribution in [0.25, 0.3) is 0 Å². The van der Waals surface area contributed by atoms with E-state index in [1.54, 1.807) is 0 Å². The molecule has 8 nitrogen and oxygen atoms in total.